The molecule has 2 amide bonds. The van der Waals surface area contributed by atoms with Gasteiger partial charge in [0.2, 0.25) is 5.91 Å². The number of carbonyl (C=O) groups excluding carboxylic acids is 2. The van der Waals surface area contributed by atoms with E-state index >= 15 is 0 Å². The van der Waals surface area contributed by atoms with Gasteiger partial charge in [0.15, 0.2) is 0 Å². The Hall–Kier alpha value is -1.40. The molecule has 1 aromatic carbocycles. The van der Waals surface area contributed by atoms with Gasteiger partial charge >= 0.3 is 0 Å². The number of nitrogens with one attached hydrogen (secondary N) is 1. The van der Waals surface area contributed by atoms with Crippen LogP contribution in [0.15, 0.2) is 22.7 Å². The molecule has 114 valence electrons. The van der Waals surface area contributed by atoms with Crippen molar-refractivity contribution in [1.82, 2.24) is 10.2 Å². The summed E-state index contributed by atoms with van der Waals surface area (Å²) in [6, 6.07) is 5.75. The van der Waals surface area contributed by atoms with Crippen LogP contribution in [0.2, 0.25) is 0 Å². The molecule has 6 heteroatoms. The maximum Gasteiger partial charge on any atom is 0.251 e. The highest BCUT2D eigenvalue weighted by molar-refractivity contribution is 9.10. The SMILES string of the molecule is Cc1ccc(C(=O)NC2CCN(CC(N)=O)CC2)cc1Br. The minimum absolute atomic E-state index is 0.0518. The van der Waals surface area contributed by atoms with Crippen LogP contribution < -0.4 is 11.1 Å². The van der Waals surface area contributed by atoms with Crippen molar-refractivity contribution in [2.45, 2.75) is 25.8 Å². The second-order valence-corrected chi connectivity index (χ2v) is 6.31. The second kappa shape index (κ2) is 7.04. The van der Waals surface area contributed by atoms with Gasteiger partial charge in [-0.15, -0.1) is 0 Å². The van der Waals surface area contributed by atoms with E-state index in [4.69, 9.17) is 5.73 Å². The molecule has 2 rings (SSSR count). The number of rotatable bonds is 4. The molecule has 1 fully saturated rings. The van der Waals surface area contributed by atoms with Crippen molar-refractivity contribution in [2.75, 3.05) is 19.6 Å². The third kappa shape index (κ3) is 4.54. The first-order chi connectivity index (χ1) is 9.95. The van der Waals surface area contributed by atoms with Crippen LogP contribution in [0.25, 0.3) is 0 Å². The van der Waals surface area contributed by atoms with Gasteiger partial charge in [-0.3, -0.25) is 14.5 Å². The van der Waals surface area contributed by atoms with Crippen molar-refractivity contribution in [3.63, 3.8) is 0 Å². The first-order valence-electron chi connectivity index (χ1n) is 7.03. The first kappa shape index (κ1) is 16.0. The summed E-state index contributed by atoms with van der Waals surface area (Å²) in [6.45, 7) is 3.85. The molecule has 0 unspecified atom stereocenters. The molecule has 0 radical (unpaired) electrons. The molecule has 1 aromatic rings. The fourth-order valence-electron chi connectivity index (χ4n) is 2.46. The van der Waals surface area contributed by atoms with Crippen molar-refractivity contribution in [2.24, 2.45) is 5.73 Å². The summed E-state index contributed by atoms with van der Waals surface area (Å²) in [4.78, 5) is 25.1. The highest BCUT2D eigenvalue weighted by Gasteiger charge is 2.21. The lowest BCUT2D eigenvalue weighted by atomic mass is 10.0. The Morgan fingerprint density at radius 2 is 2.05 bits per heavy atom. The zero-order valence-corrected chi connectivity index (χ0v) is 13.6. The fourth-order valence-corrected chi connectivity index (χ4v) is 2.84. The van der Waals surface area contributed by atoms with E-state index in [1.807, 2.05) is 30.0 Å². The quantitative estimate of drug-likeness (QED) is 0.859. The van der Waals surface area contributed by atoms with Crippen LogP contribution in [-0.2, 0) is 4.79 Å². The minimum atomic E-state index is -0.304. The molecule has 0 aromatic heterocycles. The number of halogens is 1. The number of benzene rings is 1. The smallest absolute Gasteiger partial charge is 0.251 e. The van der Waals surface area contributed by atoms with E-state index in [1.54, 1.807) is 0 Å². The van der Waals surface area contributed by atoms with Gasteiger partial charge in [-0.25, -0.2) is 0 Å². The van der Waals surface area contributed by atoms with Crippen molar-refractivity contribution in [3.8, 4) is 0 Å². The van der Waals surface area contributed by atoms with Crippen LogP contribution in [0.4, 0.5) is 0 Å². The Kier molecular flexibility index (Phi) is 5.36. The zero-order chi connectivity index (χ0) is 15.4. The maximum atomic E-state index is 12.2. The standard InChI is InChI=1S/C15H20BrN3O2/c1-10-2-3-11(8-13(10)16)15(21)18-12-4-6-19(7-5-12)9-14(17)20/h2-3,8,12H,4-7,9H2,1H3,(H2,17,20)(H,18,21). The number of nitrogens with zero attached hydrogens (tertiary/aromatic N) is 1. The molecular weight excluding hydrogens is 334 g/mol. The topological polar surface area (TPSA) is 75.4 Å². The Balaban J connectivity index is 1.86. The van der Waals surface area contributed by atoms with Gasteiger partial charge in [0, 0.05) is 29.2 Å². The van der Waals surface area contributed by atoms with E-state index in [2.05, 4.69) is 21.2 Å². The highest BCUT2D eigenvalue weighted by Crippen LogP contribution is 2.18. The number of nitrogens with two attached hydrogens (primary N) is 1. The van der Waals surface area contributed by atoms with Crippen LogP contribution in [-0.4, -0.2) is 42.4 Å². The number of likely N-dealkylation sites (tertiary alicyclic amines) is 1. The lowest BCUT2D eigenvalue weighted by Gasteiger charge is -2.31. The summed E-state index contributed by atoms with van der Waals surface area (Å²) in [6.07, 6.45) is 1.68. The van der Waals surface area contributed by atoms with Crippen LogP contribution in [0.5, 0.6) is 0 Å². The average molecular weight is 354 g/mol. The monoisotopic (exact) mass is 353 g/mol. The molecule has 1 heterocycles. The third-order valence-corrected chi connectivity index (χ3v) is 4.59. The molecule has 1 saturated heterocycles. The normalized spacial score (nSPS) is 16.7. The first-order valence-corrected chi connectivity index (χ1v) is 7.82. The molecule has 5 nitrogen and oxygen atoms in total. The molecule has 3 N–H and O–H groups in total. The van der Waals surface area contributed by atoms with Crippen LogP contribution >= 0.6 is 15.9 Å². The lowest BCUT2D eigenvalue weighted by Crippen LogP contribution is -2.46. The number of primary amides is 1. The van der Waals surface area contributed by atoms with Crippen LogP contribution in [0.3, 0.4) is 0 Å². The Morgan fingerprint density at radius 3 is 2.62 bits per heavy atom. The van der Waals surface area contributed by atoms with E-state index in [1.165, 1.54) is 0 Å². The molecule has 0 bridgehead atoms. The molecule has 0 spiro atoms. The Labute approximate surface area is 133 Å². The third-order valence-electron chi connectivity index (χ3n) is 3.74. The molecule has 1 aliphatic heterocycles. The van der Waals surface area contributed by atoms with Crippen molar-refractivity contribution >= 4 is 27.7 Å². The predicted octanol–water partition coefficient (Wildman–Crippen LogP) is 1.44. The lowest BCUT2D eigenvalue weighted by molar-refractivity contribution is -0.119. The van der Waals surface area contributed by atoms with Gasteiger partial charge in [0.1, 0.15) is 0 Å². The second-order valence-electron chi connectivity index (χ2n) is 5.45. The van der Waals surface area contributed by atoms with E-state index in [0.717, 1.165) is 36.0 Å². The summed E-state index contributed by atoms with van der Waals surface area (Å²) >= 11 is 3.44. The molecular formula is C15H20BrN3O2. The van der Waals surface area contributed by atoms with Crippen molar-refractivity contribution < 1.29 is 9.59 Å². The van der Waals surface area contributed by atoms with Crippen molar-refractivity contribution in [3.05, 3.63) is 33.8 Å². The number of hydrogen-bond acceptors (Lipinski definition) is 3. The fraction of sp³-hybridized carbons (Fsp3) is 0.467. The van der Waals surface area contributed by atoms with Gasteiger partial charge < -0.3 is 11.1 Å². The maximum absolute atomic E-state index is 12.2. The summed E-state index contributed by atoms with van der Waals surface area (Å²) in [5.74, 6) is -0.356. The molecule has 0 aliphatic carbocycles. The molecule has 0 atom stereocenters. The number of hydrogen-bond donors (Lipinski definition) is 2. The average Bonchev–Trinajstić information content (AvgIpc) is 2.43. The summed E-state index contributed by atoms with van der Waals surface area (Å²) in [5.41, 5.74) is 6.95. The summed E-state index contributed by atoms with van der Waals surface area (Å²) in [5, 5.41) is 3.05. The van der Waals surface area contributed by atoms with Gasteiger partial charge in [0.25, 0.3) is 5.91 Å². The number of piperidine rings is 1. The number of aryl methyl sites for hydroxylation is 1. The van der Waals surface area contributed by atoms with Gasteiger partial charge in [-0.1, -0.05) is 22.0 Å². The Bertz CT molecular complexity index is 540. The zero-order valence-electron chi connectivity index (χ0n) is 12.1. The Morgan fingerprint density at radius 1 is 1.38 bits per heavy atom. The van der Waals surface area contributed by atoms with Gasteiger partial charge in [0.05, 0.1) is 6.54 Å². The minimum Gasteiger partial charge on any atom is -0.369 e. The van der Waals surface area contributed by atoms with Crippen LogP contribution in [0.1, 0.15) is 28.8 Å². The largest absolute Gasteiger partial charge is 0.369 e. The van der Waals surface area contributed by atoms with Crippen molar-refractivity contribution in [1.29, 1.82) is 0 Å². The van der Waals surface area contributed by atoms with E-state index in [-0.39, 0.29) is 17.9 Å². The van der Waals surface area contributed by atoms with E-state index in [0.29, 0.717) is 12.1 Å². The van der Waals surface area contributed by atoms with E-state index in [9.17, 15) is 9.59 Å². The molecule has 1 aliphatic rings. The highest BCUT2D eigenvalue weighted by atomic mass is 79.9. The van der Waals surface area contributed by atoms with Gasteiger partial charge in [-0.2, -0.15) is 0 Å². The van der Waals surface area contributed by atoms with Crippen LogP contribution in [0, 0.1) is 6.92 Å². The summed E-state index contributed by atoms with van der Waals surface area (Å²) < 4.78 is 0.937. The number of amides is 2. The summed E-state index contributed by atoms with van der Waals surface area (Å²) in [7, 11) is 0. The molecule has 0 saturated carbocycles. The van der Waals surface area contributed by atoms with Gasteiger partial charge in [-0.05, 0) is 37.5 Å². The molecule has 21 heavy (non-hydrogen) atoms. The predicted molar refractivity (Wildman–Crippen MR) is 85.0 cm³/mol. The number of carbonyl (C=O) groups is 2. The van der Waals surface area contributed by atoms with E-state index < -0.39 is 0 Å².